The summed E-state index contributed by atoms with van der Waals surface area (Å²) in [5, 5.41) is 7.76. The third kappa shape index (κ3) is 3.67. The van der Waals surface area contributed by atoms with Crippen LogP contribution in [0.15, 0.2) is 59.7 Å². The molecule has 0 saturated heterocycles. The van der Waals surface area contributed by atoms with E-state index in [1.807, 2.05) is 54.4 Å². The first-order chi connectivity index (χ1) is 14.0. The molecule has 1 fully saturated rings. The van der Waals surface area contributed by atoms with Crippen molar-refractivity contribution in [3.8, 4) is 0 Å². The first kappa shape index (κ1) is 20.0. The summed E-state index contributed by atoms with van der Waals surface area (Å²) in [6.07, 6.45) is 5.46. The lowest BCUT2D eigenvalue weighted by Crippen LogP contribution is -2.45. The maximum Gasteiger partial charge on any atom is 0.321 e. The van der Waals surface area contributed by atoms with Crippen LogP contribution in [0, 0.1) is 5.41 Å². The average Bonchev–Trinajstić information content (AvgIpc) is 2.75. The number of hydrazone groups is 1. The molecule has 1 saturated carbocycles. The minimum absolute atomic E-state index is 0.222. The first-order valence-electron chi connectivity index (χ1n) is 9.84. The van der Waals surface area contributed by atoms with Gasteiger partial charge in [0.2, 0.25) is 0 Å². The number of hydrogen-bond donors (Lipinski definition) is 0. The Balaban J connectivity index is 1.89. The number of carbonyl (C=O) groups is 1. The fraction of sp³-hybridized carbons (Fsp3) is 0.304. The second-order valence-corrected chi connectivity index (χ2v) is 8.07. The van der Waals surface area contributed by atoms with E-state index in [-0.39, 0.29) is 5.97 Å². The number of carbonyl (C=O) groups excluding carboxylic acids is 1. The van der Waals surface area contributed by atoms with E-state index in [1.165, 1.54) is 0 Å². The van der Waals surface area contributed by atoms with Crippen molar-refractivity contribution in [1.29, 1.82) is 0 Å². The second-order valence-electron chi connectivity index (χ2n) is 7.25. The molecule has 1 aliphatic carbocycles. The highest BCUT2D eigenvalue weighted by molar-refractivity contribution is 6.42. The van der Waals surface area contributed by atoms with Crippen LogP contribution in [0.5, 0.6) is 0 Å². The fourth-order valence-corrected chi connectivity index (χ4v) is 4.29. The molecule has 2 aliphatic rings. The van der Waals surface area contributed by atoms with Gasteiger partial charge in [-0.2, -0.15) is 5.10 Å². The summed E-state index contributed by atoms with van der Waals surface area (Å²) in [4.78, 5) is 13.1. The van der Waals surface area contributed by atoms with Crippen LogP contribution in [0.2, 0.25) is 10.0 Å². The van der Waals surface area contributed by atoms with Crippen molar-refractivity contribution in [1.82, 2.24) is 0 Å². The molecule has 1 heterocycles. The lowest BCUT2D eigenvalue weighted by molar-refractivity contribution is -0.149. The van der Waals surface area contributed by atoms with Crippen LogP contribution < -0.4 is 5.01 Å². The molecule has 6 heteroatoms. The number of ether oxygens (including phenoxy) is 1. The summed E-state index contributed by atoms with van der Waals surface area (Å²) in [6.45, 7) is 2.18. The number of hydrogen-bond acceptors (Lipinski definition) is 4. The molecule has 0 aromatic heterocycles. The normalized spacial score (nSPS) is 21.1. The van der Waals surface area contributed by atoms with Gasteiger partial charge in [-0.15, -0.1) is 0 Å². The van der Waals surface area contributed by atoms with Crippen molar-refractivity contribution in [2.45, 2.75) is 32.6 Å². The zero-order valence-corrected chi connectivity index (χ0v) is 17.7. The third-order valence-electron chi connectivity index (χ3n) is 5.44. The lowest BCUT2D eigenvalue weighted by atomic mass is 9.70. The Morgan fingerprint density at radius 3 is 2.66 bits per heavy atom. The third-order valence-corrected chi connectivity index (χ3v) is 6.18. The van der Waals surface area contributed by atoms with Crippen LogP contribution in [0.4, 0.5) is 5.69 Å². The molecule has 4 rings (SSSR count). The molecule has 0 N–H and O–H groups in total. The summed E-state index contributed by atoms with van der Waals surface area (Å²) in [7, 11) is 0. The van der Waals surface area contributed by atoms with Crippen molar-refractivity contribution < 1.29 is 9.53 Å². The van der Waals surface area contributed by atoms with Gasteiger partial charge in [0, 0.05) is 0 Å². The minimum atomic E-state index is -0.813. The summed E-state index contributed by atoms with van der Waals surface area (Å²) in [6, 6.07) is 15.4. The van der Waals surface area contributed by atoms with Gasteiger partial charge in [-0.1, -0.05) is 60.0 Å². The second kappa shape index (κ2) is 8.21. The number of esters is 1. The Kier molecular flexibility index (Phi) is 5.66. The van der Waals surface area contributed by atoms with Gasteiger partial charge < -0.3 is 4.74 Å². The van der Waals surface area contributed by atoms with E-state index >= 15 is 0 Å². The van der Waals surface area contributed by atoms with Crippen LogP contribution in [0.3, 0.4) is 0 Å². The molecular weight excluding hydrogens is 407 g/mol. The Morgan fingerprint density at radius 2 is 1.93 bits per heavy atom. The summed E-state index contributed by atoms with van der Waals surface area (Å²) in [5.74, 6) is -0.222. The molecule has 1 atom stereocenters. The van der Waals surface area contributed by atoms with Gasteiger partial charge in [-0.25, -0.2) is 5.01 Å². The van der Waals surface area contributed by atoms with Crippen molar-refractivity contribution in [3.63, 3.8) is 0 Å². The van der Waals surface area contributed by atoms with Crippen LogP contribution in [-0.4, -0.2) is 18.3 Å². The molecule has 2 aromatic carbocycles. The lowest BCUT2D eigenvalue weighted by Gasteiger charge is -2.40. The molecule has 0 bridgehead atoms. The smallest absolute Gasteiger partial charge is 0.321 e. The topological polar surface area (TPSA) is 41.9 Å². The fourth-order valence-electron chi connectivity index (χ4n) is 3.99. The number of nitrogens with zero attached hydrogens (tertiary/aromatic N) is 2. The van der Waals surface area contributed by atoms with E-state index in [9.17, 15) is 4.79 Å². The maximum absolute atomic E-state index is 13.1. The molecule has 1 unspecified atom stereocenters. The molecule has 0 radical (unpaired) electrons. The SMILES string of the molecule is CCOC(=O)C12C=C(c3ccccc3)N(c3ccc(Cl)c(Cl)c3)N=C1CCCC2. The summed E-state index contributed by atoms with van der Waals surface area (Å²) >= 11 is 12.4. The monoisotopic (exact) mass is 428 g/mol. The molecule has 29 heavy (non-hydrogen) atoms. The van der Waals surface area contributed by atoms with Gasteiger partial charge in [0.05, 0.1) is 33.7 Å². The number of anilines is 1. The molecule has 150 valence electrons. The Labute approximate surface area is 180 Å². The largest absolute Gasteiger partial charge is 0.465 e. The zero-order valence-electron chi connectivity index (χ0n) is 16.2. The van der Waals surface area contributed by atoms with Crippen LogP contribution >= 0.6 is 23.2 Å². The van der Waals surface area contributed by atoms with E-state index in [0.717, 1.165) is 41.9 Å². The van der Waals surface area contributed by atoms with E-state index in [0.29, 0.717) is 23.1 Å². The number of benzene rings is 2. The number of fused-ring (bicyclic) bond motifs is 1. The predicted molar refractivity (Wildman–Crippen MR) is 118 cm³/mol. The predicted octanol–water partition coefficient (Wildman–Crippen LogP) is 6.33. The molecule has 4 nitrogen and oxygen atoms in total. The zero-order chi connectivity index (χ0) is 20.4. The molecule has 0 amide bonds. The molecule has 1 aliphatic heterocycles. The number of rotatable bonds is 4. The van der Waals surface area contributed by atoms with Crippen molar-refractivity contribution >= 4 is 46.3 Å². The summed E-state index contributed by atoms with van der Waals surface area (Å²) < 4.78 is 5.48. The van der Waals surface area contributed by atoms with Crippen LogP contribution in [0.1, 0.15) is 38.2 Å². The van der Waals surface area contributed by atoms with Gasteiger partial charge in [0.25, 0.3) is 0 Å². The quantitative estimate of drug-likeness (QED) is 0.533. The van der Waals surface area contributed by atoms with Gasteiger partial charge >= 0.3 is 5.97 Å². The van der Waals surface area contributed by atoms with Crippen LogP contribution in [-0.2, 0) is 9.53 Å². The van der Waals surface area contributed by atoms with Crippen molar-refractivity contribution in [3.05, 3.63) is 70.2 Å². The minimum Gasteiger partial charge on any atom is -0.465 e. The molecule has 0 spiro atoms. The van der Waals surface area contributed by atoms with E-state index < -0.39 is 5.41 Å². The molecule has 2 aromatic rings. The van der Waals surface area contributed by atoms with E-state index in [4.69, 9.17) is 33.0 Å². The average molecular weight is 429 g/mol. The maximum atomic E-state index is 13.1. The standard InChI is InChI=1S/C23H22Cl2N2O2/c1-2-29-22(28)23-13-7-6-10-21(23)26-27(17-11-12-18(24)19(25)14-17)20(15-23)16-8-4-3-5-9-16/h3-5,8-9,11-12,14-15H,2,6-7,10,13H2,1H3. The Morgan fingerprint density at radius 1 is 1.14 bits per heavy atom. The first-order valence-corrected chi connectivity index (χ1v) is 10.6. The Hall–Kier alpha value is -2.30. The van der Waals surface area contributed by atoms with Gasteiger partial charge in [-0.05, 0) is 56.0 Å². The number of halogens is 2. The highest BCUT2D eigenvalue weighted by atomic mass is 35.5. The van der Waals surface area contributed by atoms with Gasteiger partial charge in [0.1, 0.15) is 5.41 Å². The highest BCUT2D eigenvalue weighted by Gasteiger charge is 2.48. The van der Waals surface area contributed by atoms with E-state index in [2.05, 4.69) is 0 Å². The highest BCUT2D eigenvalue weighted by Crippen LogP contribution is 2.45. The molecular formula is C23H22Cl2N2O2. The van der Waals surface area contributed by atoms with Crippen molar-refractivity contribution in [2.75, 3.05) is 11.6 Å². The Bertz CT molecular complexity index is 988. The van der Waals surface area contributed by atoms with Gasteiger partial charge in [0.15, 0.2) is 0 Å². The summed E-state index contributed by atoms with van der Waals surface area (Å²) in [5.41, 5.74) is 2.63. The van der Waals surface area contributed by atoms with Crippen molar-refractivity contribution in [2.24, 2.45) is 10.5 Å². The van der Waals surface area contributed by atoms with E-state index in [1.54, 1.807) is 12.1 Å². The van der Waals surface area contributed by atoms with Gasteiger partial charge in [-0.3, -0.25) is 4.79 Å². The van der Waals surface area contributed by atoms with Crippen LogP contribution in [0.25, 0.3) is 5.70 Å².